The second kappa shape index (κ2) is 8.11. The smallest absolute Gasteiger partial charge is 0.251 e. The normalized spacial score (nSPS) is 20.2. The molecular weight excluding hydrogens is 393 g/mol. The summed E-state index contributed by atoms with van der Waals surface area (Å²) in [5, 5.41) is 0.148. The van der Waals surface area contributed by atoms with Crippen LogP contribution >= 0.6 is 11.6 Å². The highest BCUT2D eigenvalue weighted by atomic mass is 35.5. The molecule has 29 heavy (non-hydrogen) atoms. The molecule has 1 atom stereocenters. The number of amides is 2. The second-order valence-electron chi connectivity index (χ2n) is 7.71. The summed E-state index contributed by atoms with van der Waals surface area (Å²) in [6.45, 7) is 2.24. The number of anilines is 1. The Morgan fingerprint density at radius 1 is 1.17 bits per heavy atom. The summed E-state index contributed by atoms with van der Waals surface area (Å²) in [5.74, 6) is -1.21. The lowest BCUT2D eigenvalue weighted by molar-refractivity contribution is -0.147. The Bertz CT molecular complexity index is 930. The molecule has 152 valence electrons. The van der Waals surface area contributed by atoms with Crippen molar-refractivity contribution >= 4 is 29.2 Å². The number of hydrogen-bond donors (Lipinski definition) is 0. The van der Waals surface area contributed by atoms with Gasteiger partial charge < -0.3 is 4.90 Å². The van der Waals surface area contributed by atoms with Gasteiger partial charge in [0.25, 0.3) is 5.91 Å². The minimum atomic E-state index is -0.699. The van der Waals surface area contributed by atoms with E-state index in [1.54, 1.807) is 4.90 Å². The SMILES string of the molecule is CCc1ccc(CN2C(=O)CN(c3ncc(Cl)cc3F)C(=O)C2C2CCC2)cc1. The fraction of sp³-hybridized carbons (Fsp3) is 0.409. The number of carbonyl (C=O) groups excluding carboxylic acids is 2. The first-order valence-corrected chi connectivity index (χ1v) is 10.4. The number of piperazine rings is 1. The van der Waals surface area contributed by atoms with E-state index >= 15 is 0 Å². The van der Waals surface area contributed by atoms with Crippen molar-refractivity contribution in [3.05, 3.63) is 58.5 Å². The second-order valence-corrected chi connectivity index (χ2v) is 8.15. The molecule has 0 bridgehead atoms. The number of carbonyl (C=O) groups is 2. The van der Waals surface area contributed by atoms with Crippen LogP contribution in [0.1, 0.15) is 37.3 Å². The maximum atomic E-state index is 14.4. The number of pyridine rings is 1. The van der Waals surface area contributed by atoms with Gasteiger partial charge in [-0.15, -0.1) is 0 Å². The van der Waals surface area contributed by atoms with Crippen LogP contribution in [0.25, 0.3) is 0 Å². The lowest BCUT2D eigenvalue weighted by atomic mass is 9.77. The summed E-state index contributed by atoms with van der Waals surface area (Å²) >= 11 is 5.79. The fourth-order valence-corrected chi connectivity index (χ4v) is 4.16. The van der Waals surface area contributed by atoms with E-state index in [1.165, 1.54) is 16.7 Å². The molecule has 0 spiro atoms. The Hall–Kier alpha value is -2.47. The average molecular weight is 416 g/mol. The number of benzene rings is 1. The molecule has 1 saturated heterocycles. The van der Waals surface area contributed by atoms with Gasteiger partial charge in [-0.05, 0) is 42.4 Å². The van der Waals surface area contributed by atoms with Crippen molar-refractivity contribution in [2.24, 2.45) is 5.92 Å². The molecule has 1 aromatic carbocycles. The van der Waals surface area contributed by atoms with Crippen LogP contribution in [0, 0.1) is 11.7 Å². The fourth-order valence-electron chi connectivity index (χ4n) is 4.01. The number of halogens is 2. The molecule has 0 N–H and O–H groups in total. The largest absolute Gasteiger partial charge is 0.324 e. The molecule has 1 aromatic heterocycles. The predicted octanol–water partition coefficient (Wildman–Crippen LogP) is 3.98. The Morgan fingerprint density at radius 2 is 1.86 bits per heavy atom. The first kappa shape index (κ1) is 19.8. The third-order valence-electron chi connectivity index (χ3n) is 5.89. The first-order valence-electron chi connectivity index (χ1n) is 9.97. The topological polar surface area (TPSA) is 53.5 Å². The average Bonchev–Trinajstić information content (AvgIpc) is 2.66. The lowest BCUT2D eigenvalue weighted by Gasteiger charge is -2.45. The van der Waals surface area contributed by atoms with Crippen molar-refractivity contribution in [3.8, 4) is 0 Å². The van der Waals surface area contributed by atoms with E-state index in [-0.39, 0.29) is 35.1 Å². The van der Waals surface area contributed by atoms with Crippen LogP contribution in [0.5, 0.6) is 0 Å². The van der Waals surface area contributed by atoms with E-state index in [4.69, 9.17) is 11.6 Å². The van der Waals surface area contributed by atoms with Gasteiger partial charge in [-0.2, -0.15) is 0 Å². The van der Waals surface area contributed by atoms with Gasteiger partial charge in [-0.3, -0.25) is 14.5 Å². The Balaban J connectivity index is 1.63. The van der Waals surface area contributed by atoms with Crippen LogP contribution < -0.4 is 4.90 Å². The van der Waals surface area contributed by atoms with Gasteiger partial charge in [0.1, 0.15) is 12.6 Å². The van der Waals surface area contributed by atoms with Gasteiger partial charge in [-0.1, -0.05) is 49.2 Å². The molecule has 2 fully saturated rings. The van der Waals surface area contributed by atoms with Crippen LogP contribution in [0.2, 0.25) is 5.02 Å². The number of rotatable bonds is 5. The molecule has 2 heterocycles. The van der Waals surface area contributed by atoms with Crippen LogP contribution in [-0.4, -0.2) is 34.3 Å². The third kappa shape index (κ3) is 3.86. The molecule has 1 aliphatic carbocycles. The van der Waals surface area contributed by atoms with E-state index in [0.717, 1.165) is 37.3 Å². The van der Waals surface area contributed by atoms with E-state index < -0.39 is 11.9 Å². The van der Waals surface area contributed by atoms with Crippen molar-refractivity contribution < 1.29 is 14.0 Å². The molecule has 4 rings (SSSR count). The number of aromatic nitrogens is 1. The summed E-state index contributed by atoms with van der Waals surface area (Å²) in [7, 11) is 0. The van der Waals surface area contributed by atoms with Gasteiger partial charge in [-0.25, -0.2) is 9.37 Å². The first-order chi connectivity index (χ1) is 14.0. The van der Waals surface area contributed by atoms with Crippen LogP contribution in [0.3, 0.4) is 0 Å². The number of aryl methyl sites for hydroxylation is 1. The van der Waals surface area contributed by atoms with Crippen molar-refractivity contribution in [3.63, 3.8) is 0 Å². The zero-order chi connectivity index (χ0) is 20.5. The monoisotopic (exact) mass is 415 g/mol. The molecular formula is C22H23ClFN3O2. The number of hydrogen-bond acceptors (Lipinski definition) is 3. The molecule has 1 unspecified atom stereocenters. The van der Waals surface area contributed by atoms with E-state index in [9.17, 15) is 14.0 Å². The van der Waals surface area contributed by atoms with Gasteiger partial charge >= 0.3 is 0 Å². The van der Waals surface area contributed by atoms with E-state index in [1.807, 2.05) is 24.3 Å². The maximum Gasteiger partial charge on any atom is 0.251 e. The van der Waals surface area contributed by atoms with Crippen LogP contribution in [0.15, 0.2) is 36.5 Å². The summed E-state index contributed by atoms with van der Waals surface area (Å²) in [6, 6.07) is 8.61. The predicted molar refractivity (Wildman–Crippen MR) is 109 cm³/mol. The van der Waals surface area contributed by atoms with E-state index in [2.05, 4.69) is 11.9 Å². The van der Waals surface area contributed by atoms with Crippen molar-refractivity contribution in [1.82, 2.24) is 9.88 Å². The van der Waals surface area contributed by atoms with Crippen molar-refractivity contribution in [2.45, 2.75) is 45.2 Å². The van der Waals surface area contributed by atoms with Crippen LogP contribution in [0.4, 0.5) is 10.2 Å². The van der Waals surface area contributed by atoms with Crippen molar-refractivity contribution in [1.29, 1.82) is 0 Å². The lowest BCUT2D eigenvalue weighted by Crippen LogP contribution is -2.63. The quantitative estimate of drug-likeness (QED) is 0.742. The molecule has 1 saturated carbocycles. The zero-order valence-corrected chi connectivity index (χ0v) is 17.0. The van der Waals surface area contributed by atoms with Gasteiger partial charge in [0.2, 0.25) is 5.91 Å². The van der Waals surface area contributed by atoms with Gasteiger partial charge in [0.05, 0.1) is 5.02 Å². The Labute approximate surface area is 174 Å². The molecule has 5 nitrogen and oxygen atoms in total. The van der Waals surface area contributed by atoms with Crippen LogP contribution in [-0.2, 0) is 22.6 Å². The molecule has 7 heteroatoms. The summed E-state index contributed by atoms with van der Waals surface area (Å²) < 4.78 is 14.4. The zero-order valence-electron chi connectivity index (χ0n) is 16.3. The highest BCUT2D eigenvalue weighted by Crippen LogP contribution is 2.37. The summed E-state index contributed by atoms with van der Waals surface area (Å²) in [4.78, 5) is 33.2. The summed E-state index contributed by atoms with van der Waals surface area (Å²) in [6.07, 6.45) is 5.05. The molecule has 1 aliphatic heterocycles. The van der Waals surface area contributed by atoms with Gasteiger partial charge in [0.15, 0.2) is 11.6 Å². The minimum absolute atomic E-state index is 0.0968. The number of nitrogens with zero attached hydrogens (tertiary/aromatic N) is 3. The highest BCUT2D eigenvalue weighted by Gasteiger charge is 2.46. The highest BCUT2D eigenvalue weighted by molar-refractivity contribution is 6.30. The van der Waals surface area contributed by atoms with Crippen molar-refractivity contribution in [2.75, 3.05) is 11.4 Å². The third-order valence-corrected chi connectivity index (χ3v) is 6.10. The molecule has 2 aliphatic rings. The summed E-state index contributed by atoms with van der Waals surface area (Å²) in [5.41, 5.74) is 2.21. The Morgan fingerprint density at radius 3 is 2.45 bits per heavy atom. The van der Waals surface area contributed by atoms with Gasteiger partial charge in [0, 0.05) is 12.7 Å². The Kier molecular flexibility index (Phi) is 5.54. The maximum absolute atomic E-state index is 14.4. The molecule has 2 amide bonds. The molecule has 0 radical (unpaired) electrons. The minimum Gasteiger partial charge on any atom is -0.324 e. The molecule has 2 aromatic rings. The standard InChI is InChI=1S/C22H23ClFN3O2/c1-2-14-6-8-15(9-7-14)12-26-19(28)13-27(21-18(24)10-17(23)11-25-21)22(29)20(26)16-4-3-5-16/h6-11,16,20H,2-5,12-13H2,1H3. The van der Waals surface area contributed by atoms with E-state index in [0.29, 0.717) is 6.54 Å².